The van der Waals surface area contributed by atoms with Gasteiger partial charge in [-0.25, -0.2) is 0 Å². The van der Waals surface area contributed by atoms with E-state index in [2.05, 4.69) is 0 Å². The number of rotatable bonds is 5. The Morgan fingerprint density at radius 2 is 1.66 bits per heavy atom. The lowest BCUT2D eigenvalue weighted by molar-refractivity contribution is -0.384. The van der Waals surface area contributed by atoms with E-state index in [4.69, 9.17) is 10.5 Å². The summed E-state index contributed by atoms with van der Waals surface area (Å²) in [5.74, 6) is -1.22. The summed E-state index contributed by atoms with van der Waals surface area (Å²) in [6, 6.07) is 25.4. The predicted molar refractivity (Wildman–Crippen MR) is 118 cm³/mol. The largest absolute Gasteiger partial charge is 0.439 e. The molecule has 0 unspecified atom stereocenters. The van der Waals surface area contributed by atoms with E-state index in [1.54, 1.807) is 60.7 Å². The maximum atomic E-state index is 13.7. The maximum Gasteiger partial charge on any atom is 0.269 e. The zero-order valence-electron chi connectivity index (χ0n) is 16.8. The van der Waals surface area contributed by atoms with Gasteiger partial charge in [0.1, 0.15) is 17.4 Å². The number of hydrogen-bond donors (Lipinski definition) is 1. The normalized spacial score (nSPS) is 15.7. The molecule has 32 heavy (non-hydrogen) atoms. The maximum absolute atomic E-state index is 13.7. The Balaban J connectivity index is 2.01. The van der Waals surface area contributed by atoms with Crippen molar-refractivity contribution in [2.24, 2.45) is 5.73 Å². The molecule has 0 bridgehead atoms. The minimum absolute atomic E-state index is 0.0180. The zero-order chi connectivity index (χ0) is 22.7. The minimum atomic E-state index is -0.934. The van der Waals surface area contributed by atoms with Crippen molar-refractivity contribution in [3.05, 3.63) is 129 Å². The van der Waals surface area contributed by atoms with Crippen molar-refractivity contribution in [2.45, 2.75) is 5.92 Å². The molecule has 0 radical (unpaired) electrons. The SMILES string of the molecule is N#CC1=C(N)OC(c2ccccc2)=C(C(=O)c2ccccc2)[C@H]1c1cccc([N+](=O)[O-])c1. The number of non-ortho nitro benzene ring substituents is 1. The quantitative estimate of drug-likeness (QED) is 0.361. The number of nitro groups is 1. The van der Waals surface area contributed by atoms with Crippen molar-refractivity contribution < 1.29 is 14.5 Å². The average molecular weight is 423 g/mol. The molecule has 156 valence electrons. The van der Waals surface area contributed by atoms with Gasteiger partial charge in [0.05, 0.1) is 16.4 Å². The van der Waals surface area contributed by atoms with Gasteiger partial charge < -0.3 is 10.5 Å². The van der Waals surface area contributed by atoms with Gasteiger partial charge in [-0.2, -0.15) is 5.26 Å². The second-order valence-corrected chi connectivity index (χ2v) is 7.08. The van der Waals surface area contributed by atoms with Crippen LogP contribution >= 0.6 is 0 Å². The first-order chi connectivity index (χ1) is 15.5. The van der Waals surface area contributed by atoms with Gasteiger partial charge in [-0.3, -0.25) is 14.9 Å². The number of ether oxygens (including phenoxy) is 1. The first-order valence-corrected chi connectivity index (χ1v) is 9.72. The molecule has 1 atom stereocenters. The number of carbonyl (C=O) groups is 1. The van der Waals surface area contributed by atoms with Crippen LogP contribution < -0.4 is 5.73 Å². The summed E-state index contributed by atoms with van der Waals surface area (Å²) in [6.45, 7) is 0. The number of carbonyl (C=O) groups excluding carboxylic acids is 1. The lowest BCUT2D eigenvalue weighted by Crippen LogP contribution is -2.25. The summed E-state index contributed by atoms with van der Waals surface area (Å²) in [4.78, 5) is 24.6. The van der Waals surface area contributed by atoms with Gasteiger partial charge in [-0.05, 0) is 5.56 Å². The molecular formula is C25H17N3O4. The van der Waals surface area contributed by atoms with Crippen LogP contribution in [0.3, 0.4) is 0 Å². The number of nitrogens with zero attached hydrogens (tertiary/aromatic N) is 2. The lowest BCUT2D eigenvalue weighted by Gasteiger charge is -2.28. The number of allylic oxidation sites excluding steroid dienone is 2. The summed E-state index contributed by atoms with van der Waals surface area (Å²) >= 11 is 0. The number of hydrogen-bond acceptors (Lipinski definition) is 6. The smallest absolute Gasteiger partial charge is 0.269 e. The van der Waals surface area contributed by atoms with Crippen LogP contribution in [0.4, 0.5) is 5.69 Å². The topological polar surface area (TPSA) is 119 Å². The second-order valence-electron chi connectivity index (χ2n) is 7.08. The van der Waals surface area contributed by atoms with Crippen molar-refractivity contribution in [3.8, 4) is 6.07 Å². The van der Waals surface area contributed by atoms with Crippen LogP contribution in [0.25, 0.3) is 5.76 Å². The van der Waals surface area contributed by atoms with Gasteiger partial charge in [-0.1, -0.05) is 72.8 Å². The van der Waals surface area contributed by atoms with Crippen molar-refractivity contribution >= 4 is 17.2 Å². The number of nitro benzene ring substituents is 1. The molecule has 2 N–H and O–H groups in total. The highest BCUT2D eigenvalue weighted by atomic mass is 16.6. The van der Waals surface area contributed by atoms with Crippen molar-refractivity contribution in [3.63, 3.8) is 0 Å². The molecule has 4 rings (SSSR count). The third-order valence-corrected chi connectivity index (χ3v) is 5.15. The van der Waals surface area contributed by atoms with Crippen LogP contribution in [0.2, 0.25) is 0 Å². The summed E-state index contributed by atoms with van der Waals surface area (Å²) < 4.78 is 5.82. The van der Waals surface area contributed by atoms with E-state index in [0.29, 0.717) is 16.7 Å². The van der Waals surface area contributed by atoms with E-state index >= 15 is 0 Å². The van der Waals surface area contributed by atoms with Gasteiger partial charge in [0.15, 0.2) is 5.78 Å². The van der Waals surface area contributed by atoms with Gasteiger partial charge >= 0.3 is 0 Å². The average Bonchev–Trinajstić information content (AvgIpc) is 2.84. The number of Topliss-reactive ketones (excluding diaryl/α,β-unsaturated/α-hetero) is 1. The van der Waals surface area contributed by atoms with E-state index in [0.717, 1.165) is 0 Å². The molecule has 0 saturated carbocycles. The fourth-order valence-electron chi connectivity index (χ4n) is 3.69. The van der Waals surface area contributed by atoms with Crippen molar-refractivity contribution in [1.29, 1.82) is 5.26 Å². The Hall–Kier alpha value is -4.70. The number of ketones is 1. The first kappa shape index (κ1) is 20.6. The summed E-state index contributed by atoms with van der Waals surface area (Å²) in [5, 5.41) is 21.2. The van der Waals surface area contributed by atoms with Crippen LogP contribution in [-0.4, -0.2) is 10.7 Å². The van der Waals surface area contributed by atoms with Gasteiger partial charge in [0.25, 0.3) is 5.69 Å². The Kier molecular flexibility index (Phi) is 5.51. The first-order valence-electron chi connectivity index (χ1n) is 9.72. The number of benzene rings is 3. The standard InChI is InChI=1S/C25H17N3O4/c26-15-20-21(18-12-7-13-19(14-18)28(30)31)22(23(29)16-8-3-1-4-9-16)24(32-25(20)27)17-10-5-2-6-11-17/h1-14,21H,27H2/t21-/m0/s1. The van der Waals surface area contributed by atoms with Crippen LogP contribution in [-0.2, 0) is 4.74 Å². The Labute approximate surface area is 183 Å². The third-order valence-electron chi connectivity index (χ3n) is 5.15. The molecule has 1 aliphatic rings. The molecule has 3 aromatic carbocycles. The Morgan fingerprint density at radius 3 is 2.28 bits per heavy atom. The summed E-state index contributed by atoms with van der Waals surface area (Å²) in [5.41, 5.74) is 7.54. The van der Waals surface area contributed by atoms with Gasteiger partial charge in [0.2, 0.25) is 5.88 Å². The highest BCUT2D eigenvalue weighted by molar-refractivity contribution is 6.14. The zero-order valence-corrected chi connectivity index (χ0v) is 16.8. The molecule has 7 heteroatoms. The third kappa shape index (κ3) is 3.73. The van der Waals surface area contributed by atoms with E-state index in [1.807, 2.05) is 12.1 Å². The van der Waals surface area contributed by atoms with Crippen LogP contribution in [0, 0.1) is 21.4 Å². The fraction of sp³-hybridized carbons (Fsp3) is 0.0400. The monoisotopic (exact) mass is 423 g/mol. The van der Waals surface area contributed by atoms with Crippen molar-refractivity contribution in [2.75, 3.05) is 0 Å². The summed E-state index contributed by atoms with van der Waals surface area (Å²) in [6.07, 6.45) is 0. The fourth-order valence-corrected chi connectivity index (χ4v) is 3.69. The van der Waals surface area contributed by atoms with Crippen LogP contribution in [0.15, 0.2) is 102 Å². The Morgan fingerprint density at radius 1 is 1.00 bits per heavy atom. The van der Waals surface area contributed by atoms with Crippen molar-refractivity contribution in [1.82, 2.24) is 0 Å². The molecule has 1 aliphatic heterocycles. The molecule has 0 fully saturated rings. The molecule has 0 aliphatic carbocycles. The number of nitriles is 1. The minimum Gasteiger partial charge on any atom is -0.439 e. The van der Waals surface area contributed by atoms with Crippen LogP contribution in [0.5, 0.6) is 0 Å². The molecule has 0 amide bonds. The highest BCUT2D eigenvalue weighted by Gasteiger charge is 2.38. The molecule has 0 saturated heterocycles. The number of nitrogens with two attached hydrogens (primary N) is 1. The molecular weight excluding hydrogens is 406 g/mol. The summed E-state index contributed by atoms with van der Waals surface area (Å²) in [7, 11) is 0. The van der Waals surface area contributed by atoms with E-state index < -0.39 is 10.8 Å². The predicted octanol–water partition coefficient (Wildman–Crippen LogP) is 4.70. The second kappa shape index (κ2) is 8.58. The molecule has 1 heterocycles. The molecule has 0 aromatic heterocycles. The van der Waals surface area contributed by atoms with Gasteiger partial charge in [-0.15, -0.1) is 0 Å². The van der Waals surface area contributed by atoms with E-state index in [-0.39, 0.29) is 34.3 Å². The molecule has 7 nitrogen and oxygen atoms in total. The molecule has 0 spiro atoms. The van der Waals surface area contributed by atoms with Crippen LogP contribution in [0.1, 0.15) is 27.4 Å². The highest BCUT2D eigenvalue weighted by Crippen LogP contribution is 2.44. The Bertz CT molecular complexity index is 1310. The lowest BCUT2D eigenvalue weighted by atomic mass is 9.79. The van der Waals surface area contributed by atoms with E-state index in [9.17, 15) is 20.2 Å². The van der Waals surface area contributed by atoms with E-state index in [1.165, 1.54) is 18.2 Å². The van der Waals surface area contributed by atoms with Gasteiger partial charge in [0, 0.05) is 23.3 Å². The molecule has 3 aromatic rings.